The number of aromatic nitrogens is 4. The highest BCUT2D eigenvalue weighted by atomic mass is 16.4. The highest BCUT2D eigenvalue weighted by Crippen LogP contribution is 2.29. The lowest BCUT2D eigenvalue weighted by Crippen LogP contribution is -2.11. The minimum atomic E-state index is -0.765. The predicted molar refractivity (Wildman–Crippen MR) is 65.1 cm³/mol. The van der Waals surface area contributed by atoms with Gasteiger partial charge >= 0.3 is 5.97 Å². The van der Waals surface area contributed by atoms with E-state index in [4.69, 9.17) is 5.11 Å². The quantitative estimate of drug-likeness (QED) is 0.810. The molecule has 1 fully saturated rings. The highest BCUT2D eigenvalue weighted by Gasteiger charge is 2.20. The Morgan fingerprint density at radius 1 is 1.28 bits per heavy atom. The van der Waals surface area contributed by atoms with Gasteiger partial charge in [-0.1, -0.05) is 25.7 Å². The first kappa shape index (κ1) is 13.0. The molecule has 1 aromatic heterocycles. The Kier molecular flexibility index (Phi) is 4.66. The number of carbonyl (C=O) groups is 1. The number of hydrogen-bond acceptors (Lipinski definition) is 4. The second-order valence-electron chi connectivity index (χ2n) is 4.95. The van der Waals surface area contributed by atoms with E-state index in [9.17, 15) is 4.79 Å². The Morgan fingerprint density at radius 3 is 2.67 bits per heavy atom. The predicted octanol–water partition coefficient (Wildman–Crippen LogP) is 1.98. The molecule has 1 heterocycles. The average molecular weight is 252 g/mol. The molecule has 1 saturated carbocycles. The van der Waals surface area contributed by atoms with Crippen LogP contribution < -0.4 is 0 Å². The Morgan fingerprint density at radius 2 is 2.00 bits per heavy atom. The fourth-order valence-electron chi connectivity index (χ4n) is 2.58. The van der Waals surface area contributed by atoms with E-state index in [0.717, 1.165) is 18.7 Å². The maximum absolute atomic E-state index is 10.5. The fraction of sp³-hybridized carbons (Fsp3) is 0.833. The molecular formula is C12H20N4O2. The standard InChI is InChI=1S/C12H20N4O2/c17-11(18)8-5-9-16-12(13-14-15-16)10-6-3-1-2-4-7-10/h10H,1-9H2,(H,17,18). The van der Waals surface area contributed by atoms with Crippen LogP contribution in [0.2, 0.25) is 0 Å². The van der Waals surface area contributed by atoms with Crippen LogP contribution in [-0.4, -0.2) is 31.3 Å². The van der Waals surface area contributed by atoms with Gasteiger partial charge in [0.2, 0.25) is 0 Å². The Labute approximate surface area is 106 Å². The molecule has 1 aromatic rings. The molecule has 18 heavy (non-hydrogen) atoms. The van der Waals surface area contributed by atoms with E-state index >= 15 is 0 Å². The minimum absolute atomic E-state index is 0.171. The van der Waals surface area contributed by atoms with Crippen LogP contribution >= 0.6 is 0 Å². The monoisotopic (exact) mass is 252 g/mol. The van der Waals surface area contributed by atoms with E-state index in [1.54, 1.807) is 4.68 Å². The van der Waals surface area contributed by atoms with Crippen LogP contribution in [0.1, 0.15) is 63.1 Å². The van der Waals surface area contributed by atoms with Gasteiger partial charge in [0.1, 0.15) is 0 Å². The number of nitrogens with zero attached hydrogens (tertiary/aromatic N) is 4. The van der Waals surface area contributed by atoms with Gasteiger partial charge in [0.05, 0.1) is 0 Å². The molecule has 1 aliphatic rings. The normalized spacial score (nSPS) is 17.6. The molecule has 1 aliphatic carbocycles. The van der Waals surface area contributed by atoms with E-state index in [1.807, 2.05) is 0 Å². The number of carboxylic acids is 1. The summed E-state index contributed by atoms with van der Waals surface area (Å²) in [7, 11) is 0. The summed E-state index contributed by atoms with van der Waals surface area (Å²) < 4.78 is 1.79. The van der Waals surface area contributed by atoms with Gasteiger partial charge < -0.3 is 5.11 Å². The maximum atomic E-state index is 10.5. The van der Waals surface area contributed by atoms with Crippen molar-refractivity contribution in [3.05, 3.63) is 5.82 Å². The minimum Gasteiger partial charge on any atom is -0.481 e. The summed E-state index contributed by atoms with van der Waals surface area (Å²) in [5, 5.41) is 20.5. The number of hydrogen-bond donors (Lipinski definition) is 1. The number of aryl methyl sites for hydroxylation is 1. The summed E-state index contributed by atoms with van der Waals surface area (Å²) in [6.07, 6.45) is 8.15. The van der Waals surface area contributed by atoms with Crippen molar-refractivity contribution in [2.75, 3.05) is 0 Å². The van der Waals surface area contributed by atoms with Crippen LogP contribution in [0.25, 0.3) is 0 Å². The van der Waals surface area contributed by atoms with Crippen LogP contribution in [0.3, 0.4) is 0 Å². The molecule has 6 nitrogen and oxygen atoms in total. The van der Waals surface area contributed by atoms with Gasteiger partial charge in [-0.25, -0.2) is 4.68 Å². The second kappa shape index (κ2) is 6.47. The first-order valence-electron chi connectivity index (χ1n) is 6.75. The molecule has 0 saturated heterocycles. The smallest absolute Gasteiger partial charge is 0.303 e. The summed E-state index contributed by atoms with van der Waals surface area (Å²) in [6.45, 7) is 0.602. The largest absolute Gasteiger partial charge is 0.481 e. The van der Waals surface area contributed by atoms with Crippen molar-refractivity contribution in [1.82, 2.24) is 20.2 Å². The molecule has 0 radical (unpaired) electrons. The van der Waals surface area contributed by atoms with Crippen molar-refractivity contribution >= 4 is 5.97 Å². The third-order valence-corrected chi connectivity index (χ3v) is 3.54. The van der Waals surface area contributed by atoms with Crippen molar-refractivity contribution in [2.24, 2.45) is 0 Å². The average Bonchev–Trinajstić information content (AvgIpc) is 2.63. The van der Waals surface area contributed by atoms with Gasteiger partial charge in [-0.2, -0.15) is 0 Å². The van der Waals surface area contributed by atoms with Gasteiger partial charge in [-0.15, -0.1) is 5.10 Å². The molecular weight excluding hydrogens is 232 g/mol. The van der Waals surface area contributed by atoms with Crippen molar-refractivity contribution in [2.45, 2.75) is 63.8 Å². The van der Waals surface area contributed by atoms with Gasteiger partial charge in [-0.3, -0.25) is 4.79 Å². The van der Waals surface area contributed by atoms with Crippen LogP contribution in [0.5, 0.6) is 0 Å². The van der Waals surface area contributed by atoms with Crippen LogP contribution in [0, 0.1) is 0 Å². The SMILES string of the molecule is O=C(O)CCCn1nnnc1C1CCCCCC1. The van der Waals surface area contributed by atoms with Gasteiger partial charge in [0, 0.05) is 18.9 Å². The molecule has 100 valence electrons. The molecule has 0 unspecified atom stereocenters. The zero-order valence-electron chi connectivity index (χ0n) is 10.6. The topological polar surface area (TPSA) is 80.9 Å². The number of tetrazole rings is 1. The van der Waals surface area contributed by atoms with Crippen molar-refractivity contribution in [1.29, 1.82) is 0 Å². The molecule has 0 bridgehead atoms. The zero-order chi connectivity index (χ0) is 12.8. The first-order chi connectivity index (χ1) is 8.77. The number of aliphatic carboxylic acids is 1. The van der Waals surface area contributed by atoms with E-state index in [0.29, 0.717) is 18.9 Å². The number of carboxylic acid groups (broad SMARTS) is 1. The summed E-state index contributed by atoms with van der Waals surface area (Å²) in [5.74, 6) is 0.633. The molecule has 1 N–H and O–H groups in total. The molecule has 2 rings (SSSR count). The Hall–Kier alpha value is -1.46. The lowest BCUT2D eigenvalue weighted by atomic mass is 9.99. The summed E-state index contributed by atoms with van der Waals surface area (Å²) >= 11 is 0. The third kappa shape index (κ3) is 3.51. The van der Waals surface area contributed by atoms with Gasteiger partial charge in [0.25, 0.3) is 0 Å². The summed E-state index contributed by atoms with van der Waals surface area (Å²) in [4.78, 5) is 10.5. The first-order valence-corrected chi connectivity index (χ1v) is 6.75. The molecule has 0 spiro atoms. The van der Waals surface area contributed by atoms with Crippen LogP contribution in [-0.2, 0) is 11.3 Å². The third-order valence-electron chi connectivity index (χ3n) is 3.54. The summed E-state index contributed by atoms with van der Waals surface area (Å²) in [5.41, 5.74) is 0. The highest BCUT2D eigenvalue weighted by molar-refractivity contribution is 5.66. The van der Waals surface area contributed by atoms with Crippen molar-refractivity contribution in [3.8, 4) is 0 Å². The van der Waals surface area contributed by atoms with E-state index < -0.39 is 5.97 Å². The maximum Gasteiger partial charge on any atom is 0.303 e. The molecule has 0 aliphatic heterocycles. The summed E-state index contributed by atoms with van der Waals surface area (Å²) in [6, 6.07) is 0. The van der Waals surface area contributed by atoms with E-state index in [2.05, 4.69) is 15.5 Å². The van der Waals surface area contributed by atoms with Crippen LogP contribution in [0.4, 0.5) is 0 Å². The van der Waals surface area contributed by atoms with E-state index in [1.165, 1.54) is 25.7 Å². The van der Waals surface area contributed by atoms with Crippen molar-refractivity contribution in [3.63, 3.8) is 0 Å². The second-order valence-corrected chi connectivity index (χ2v) is 4.95. The Bertz CT molecular complexity index is 383. The fourth-order valence-corrected chi connectivity index (χ4v) is 2.58. The number of rotatable bonds is 5. The van der Waals surface area contributed by atoms with Crippen molar-refractivity contribution < 1.29 is 9.90 Å². The molecule has 0 atom stereocenters. The zero-order valence-corrected chi connectivity index (χ0v) is 10.6. The molecule has 0 aromatic carbocycles. The van der Waals surface area contributed by atoms with E-state index in [-0.39, 0.29) is 6.42 Å². The Balaban J connectivity index is 1.95. The van der Waals surface area contributed by atoms with Gasteiger partial charge in [-0.05, 0) is 29.7 Å². The molecule has 6 heteroatoms. The van der Waals surface area contributed by atoms with Gasteiger partial charge in [0.15, 0.2) is 5.82 Å². The lowest BCUT2D eigenvalue weighted by molar-refractivity contribution is -0.137. The lowest BCUT2D eigenvalue weighted by Gasteiger charge is -2.13. The van der Waals surface area contributed by atoms with Crippen LogP contribution in [0.15, 0.2) is 0 Å². The molecule has 0 amide bonds.